The van der Waals surface area contributed by atoms with Crippen molar-refractivity contribution >= 4 is 10.8 Å². The third-order valence-corrected chi connectivity index (χ3v) is 4.97. The summed E-state index contributed by atoms with van der Waals surface area (Å²) in [6.07, 6.45) is 3.80. The van der Waals surface area contributed by atoms with Gasteiger partial charge >= 0.3 is 0 Å². The Morgan fingerprint density at radius 2 is 1.43 bits per heavy atom. The topological polar surface area (TPSA) is 0 Å². The predicted octanol–water partition coefficient (Wildman–Crippen LogP) is 7.82. The van der Waals surface area contributed by atoms with Crippen LogP contribution < -0.4 is 0 Å². The molecule has 0 heterocycles. The second-order valence-electron chi connectivity index (χ2n) is 8.03. The Bertz CT molecular complexity index is 577. The highest BCUT2D eigenvalue weighted by atomic mass is 14.2. The first-order chi connectivity index (χ1) is 10.8. The minimum atomic E-state index is 0.436. The molecule has 0 heteroatoms. The van der Waals surface area contributed by atoms with Crippen LogP contribution in [-0.2, 0) is 0 Å². The zero-order valence-corrected chi connectivity index (χ0v) is 16.3. The zero-order chi connectivity index (χ0) is 17.5. The summed E-state index contributed by atoms with van der Waals surface area (Å²) < 4.78 is 0. The minimum absolute atomic E-state index is 0.436. The fraction of sp³-hybridized carbons (Fsp3) is 0.565. The van der Waals surface area contributed by atoms with Gasteiger partial charge in [-0.3, -0.25) is 0 Å². The van der Waals surface area contributed by atoms with E-state index in [-0.39, 0.29) is 0 Å². The number of hydrogen-bond donors (Lipinski definition) is 0. The van der Waals surface area contributed by atoms with E-state index in [1.807, 2.05) is 0 Å². The molecule has 1 unspecified atom stereocenters. The van der Waals surface area contributed by atoms with Crippen molar-refractivity contribution in [2.75, 3.05) is 0 Å². The van der Waals surface area contributed by atoms with Crippen molar-refractivity contribution < 1.29 is 0 Å². The van der Waals surface area contributed by atoms with Gasteiger partial charge in [0.05, 0.1) is 0 Å². The lowest BCUT2D eigenvalue weighted by atomic mass is 9.79. The van der Waals surface area contributed by atoms with Crippen molar-refractivity contribution in [1.82, 2.24) is 0 Å². The van der Waals surface area contributed by atoms with Gasteiger partial charge in [-0.1, -0.05) is 104 Å². The number of benzene rings is 2. The van der Waals surface area contributed by atoms with Crippen molar-refractivity contribution in [3.63, 3.8) is 0 Å². The van der Waals surface area contributed by atoms with E-state index in [1.165, 1.54) is 35.6 Å². The van der Waals surface area contributed by atoms with E-state index in [2.05, 4.69) is 90.9 Å². The summed E-state index contributed by atoms with van der Waals surface area (Å²) in [5, 5.41) is 2.69. The Hall–Kier alpha value is -1.30. The first kappa shape index (κ1) is 19.7. The van der Waals surface area contributed by atoms with Gasteiger partial charge in [-0.05, 0) is 40.0 Å². The molecule has 0 aliphatic rings. The molecule has 2 aromatic rings. The van der Waals surface area contributed by atoms with Gasteiger partial charge in [0.1, 0.15) is 0 Å². The summed E-state index contributed by atoms with van der Waals surface area (Å²) >= 11 is 0. The van der Waals surface area contributed by atoms with Gasteiger partial charge in [-0.2, -0.15) is 0 Å². The summed E-state index contributed by atoms with van der Waals surface area (Å²) in [5.41, 5.74) is 1.90. The summed E-state index contributed by atoms with van der Waals surface area (Å²) in [5.74, 6) is 1.51. The molecule has 128 valence electrons. The van der Waals surface area contributed by atoms with Gasteiger partial charge in [0.25, 0.3) is 0 Å². The first-order valence-corrected chi connectivity index (χ1v) is 9.27. The Morgan fingerprint density at radius 3 is 1.96 bits per heavy atom. The van der Waals surface area contributed by atoms with Gasteiger partial charge < -0.3 is 0 Å². The Morgan fingerprint density at radius 1 is 0.870 bits per heavy atom. The van der Waals surface area contributed by atoms with Crippen LogP contribution in [0.1, 0.15) is 79.2 Å². The van der Waals surface area contributed by atoms with Crippen molar-refractivity contribution in [2.45, 2.75) is 73.6 Å². The second-order valence-corrected chi connectivity index (χ2v) is 8.03. The van der Waals surface area contributed by atoms with Crippen LogP contribution in [-0.4, -0.2) is 0 Å². The van der Waals surface area contributed by atoms with E-state index in [1.54, 1.807) is 0 Å². The van der Waals surface area contributed by atoms with Crippen LogP contribution in [0.3, 0.4) is 0 Å². The number of fused-ring (bicyclic) bond motifs is 1. The highest BCUT2D eigenvalue weighted by molar-refractivity contribution is 5.83. The summed E-state index contributed by atoms with van der Waals surface area (Å²) in [7, 11) is 0. The zero-order valence-electron chi connectivity index (χ0n) is 16.3. The maximum absolute atomic E-state index is 2.37. The van der Waals surface area contributed by atoms with Crippen LogP contribution in [0.5, 0.6) is 0 Å². The standard InChI is InChI=1S/C18H24.C5H12/c1-5-18(3,4)13-14(2)16-11-10-15-8-6-7-9-17(15)12-16;1-4-5(2)3/h6-12,14H,5,13H2,1-4H3;5H,4H2,1-3H3. The molecule has 2 aromatic carbocycles. The van der Waals surface area contributed by atoms with Crippen molar-refractivity contribution in [2.24, 2.45) is 11.3 Å². The molecular weight excluding hydrogens is 276 g/mol. The summed E-state index contributed by atoms with van der Waals surface area (Å²) in [4.78, 5) is 0. The Balaban J connectivity index is 0.000000463. The smallest absolute Gasteiger partial charge is 0.0181 e. The van der Waals surface area contributed by atoms with E-state index in [0.717, 1.165) is 5.92 Å². The van der Waals surface area contributed by atoms with Gasteiger partial charge in [0.15, 0.2) is 0 Å². The molecule has 0 radical (unpaired) electrons. The van der Waals surface area contributed by atoms with Crippen molar-refractivity contribution in [1.29, 1.82) is 0 Å². The highest BCUT2D eigenvalue weighted by Gasteiger charge is 2.19. The summed E-state index contributed by atoms with van der Waals surface area (Å²) in [6.45, 7) is 16.0. The van der Waals surface area contributed by atoms with E-state index in [0.29, 0.717) is 11.3 Å². The second kappa shape index (κ2) is 9.11. The largest absolute Gasteiger partial charge is 0.0651 e. The molecule has 0 bridgehead atoms. The van der Waals surface area contributed by atoms with Gasteiger partial charge in [0.2, 0.25) is 0 Å². The average Bonchev–Trinajstić information content (AvgIpc) is 2.54. The maximum atomic E-state index is 2.37. The van der Waals surface area contributed by atoms with E-state index in [4.69, 9.17) is 0 Å². The molecule has 0 amide bonds. The molecule has 0 aromatic heterocycles. The monoisotopic (exact) mass is 312 g/mol. The van der Waals surface area contributed by atoms with Crippen molar-refractivity contribution in [3.05, 3.63) is 48.0 Å². The van der Waals surface area contributed by atoms with E-state index in [9.17, 15) is 0 Å². The molecule has 0 nitrogen and oxygen atoms in total. The van der Waals surface area contributed by atoms with Crippen molar-refractivity contribution in [3.8, 4) is 0 Å². The molecule has 0 fully saturated rings. The van der Waals surface area contributed by atoms with E-state index >= 15 is 0 Å². The molecule has 0 saturated heterocycles. The fourth-order valence-electron chi connectivity index (χ4n) is 2.61. The Kier molecular flexibility index (Phi) is 7.82. The molecule has 0 saturated carbocycles. The van der Waals surface area contributed by atoms with Crippen LogP contribution in [0.15, 0.2) is 42.5 Å². The highest BCUT2D eigenvalue weighted by Crippen LogP contribution is 2.34. The van der Waals surface area contributed by atoms with Crippen LogP contribution in [0.25, 0.3) is 10.8 Å². The SMILES string of the molecule is CCC(C)(C)CC(C)c1ccc2ccccc2c1.CCC(C)C. The van der Waals surface area contributed by atoms with Gasteiger partial charge in [-0.15, -0.1) is 0 Å². The first-order valence-electron chi connectivity index (χ1n) is 9.27. The Labute approximate surface area is 144 Å². The molecule has 1 atom stereocenters. The lowest BCUT2D eigenvalue weighted by molar-refractivity contribution is 0.300. The fourth-order valence-corrected chi connectivity index (χ4v) is 2.61. The minimum Gasteiger partial charge on any atom is -0.0651 e. The van der Waals surface area contributed by atoms with Gasteiger partial charge in [0, 0.05) is 0 Å². The maximum Gasteiger partial charge on any atom is -0.0181 e. The quantitative estimate of drug-likeness (QED) is 0.528. The molecule has 0 N–H and O–H groups in total. The number of hydrogen-bond acceptors (Lipinski definition) is 0. The van der Waals surface area contributed by atoms with E-state index < -0.39 is 0 Å². The molecule has 0 spiro atoms. The van der Waals surface area contributed by atoms with Gasteiger partial charge in [-0.25, -0.2) is 0 Å². The number of rotatable bonds is 5. The predicted molar refractivity (Wildman–Crippen MR) is 106 cm³/mol. The molecular formula is C23H36. The summed E-state index contributed by atoms with van der Waals surface area (Å²) in [6, 6.07) is 15.5. The van der Waals surface area contributed by atoms with Crippen LogP contribution >= 0.6 is 0 Å². The van der Waals surface area contributed by atoms with Crippen LogP contribution in [0, 0.1) is 11.3 Å². The van der Waals surface area contributed by atoms with Crippen LogP contribution in [0.4, 0.5) is 0 Å². The average molecular weight is 313 g/mol. The normalized spacial score (nSPS) is 12.9. The molecule has 23 heavy (non-hydrogen) atoms. The molecule has 2 rings (SSSR count). The molecule has 0 aliphatic heterocycles. The third kappa shape index (κ3) is 6.77. The lowest BCUT2D eigenvalue weighted by Crippen LogP contribution is -2.13. The molecule has 0 aliphatic carbocycles. The third-order valence-electron chi connectivity index (χ3n) is 4.97. The lowest BCUT2D eigenvalue weighted by Gasteiger charge is -2.27. The van der Waals surface area contributed by atoms with Crippen LogP contribution in [0.2, 0.25) is 0 Å².